The van der Waals surface area contributed by atoms with Crippen LogP contribution in [0.25, 0.3) is 11.3 Å². The Morgan fingerprint density at radius 1 is 1.00 bits per heavy atom. The van der Waals surface area contributed by atoms with Gasteiger partial charge in [0, 0.05) is 47.1 Å². The fourth-order valence-corrected chi connectivity index (χ4v) is 3.80. The number of rotatable bonds is 6. The number of hydrogen-bond acceptors (Lipinski definition) is 6. The van der Waals surface area contributed by atoms with Crippen molar-refractivity contribution in [1.82, 2.24) is 4.98 Å². The minimum atomic E-state index is -0.498. The molecule has 31 heavy (non-hydrogen) atoms. The van der Waals surface area contributed by atoms with Crippen molar-refractivity contribution < 1.29 is 9.72 Å². The van der Waals surface area contributed by atoms with Crippen LogP contribution in [-0.2, 0) is 0 Å². The van der Waals surface area contributed by atoms with Gasteiger partial charge in [-0.05, 0) is 36.4 Å². The summed E-state index contributed by atoms with van der Waals surface area (Å²) in [6.45, 7) is 0. The van der Waals surface area contributed by atoms with Gasteiger partial charge >= 0.3 is 0 Å². The fourth-order valence-electron chi connectivity index (χ4n) is 2.98. The highest BCUT2D eigenvalue weighted by molar-refractivity contribution is 7.14. The van der Waals surface area contributed by atoms with Crippen molar-refractivity contribution in [3.8, 4) is 11.3 Å². The van der Waals surface area contributed by atoms with Crippen molar-refractivity contribution in [3.05, 3.63) is 99.9 Å². The SMILES string of the molecule is CN(c1ccccc1)c1nc(-c2ccc(NC(=O)c3ccc([N+](=O)[O-])cc3)cc2)cs1. The lowest BCUT2D eigenvalue weighted by atomic mass is 10.1. The van der Waals surface area contributed by atoms with Crippen molar-refractivity contribution >= 4 is 39.4 Å². The third-order valence-electron chi connectivity index (χ3n) is 4.70. The van der Waals surface area contributed by atoms with Crippen LogP contribution in [0.2, 0.25) is 0 Å². The molecule has 4 rings (SSSR count). The molecule has 0 fully saturated rings. The molecule has 0 aliphatic rings. The number of nitrogens with one attached hydrogen (secondary N) is 1. The molecule has 0 saturated carbocycles. The maximum Gasteiger partial charge on any atom is 0.269 e. The Hall–Kier alpha value is -4.04. The number of hydrogen-bond donors (Lipinski definition) is 1. The Kier molecular flexibility index (Phi) is 5.72. The zero-order valence-corrected chi connectivity index (χ0v) is 17.4. The molecule has 0 radical (unpaired) electrons. The zero-order chi connectivity index (χ0) is 21.8. The van der Waals surface area contributed by atoms with Gasteiger partial charge < -0.3 is 10.2 Å². The monoisotopic (exact) mass is 430 g/mol. The third kappa shape index (κ3) is 4.59. The zero-order valence-electron chi connectivity index (χ0n) is 16.6. The van der Waals surface area contributed by atoms with E-state index in [4.69, 9.17) is 4.98 Å². The lowest BCUT2D eigenvalue weighted by Gasteiger charge is -2.15. The van der Waals surface area contributed by atoms with Gasteiger partial charge in [0.15, 0.2) is 5.13 Å². The molecule has 0 aliphatic heterocycles. The second-order valence-corrected chi connectivity index (χ2v) is 7.58. The van der Waals surface area contributed by atoms with Crippen LogP contribution in [0, 0.1) is 10.1 Å². The number of anilines is 3. The number of carbonyl (C=O) groups excluding carboxylic acids is 1. The third-order valence-corrected chi connectivity index (χ3v) is 5.62. The van der Waals surface area contributed by atoms with Crippen LogP contribution in [0.5, 0.6) is 0 Å². The van der Waals surface area contributed by atoms with Crippen LogP contribution in [0.1, 0.15) is 10.4 Å². The molecule has 0 aliphatic carbocycles. The quantitative estimate of drug-likeness (QED) is 0.311. The smallest absolute Gasteiger partial charge is 0.269 e. The lowest BCUT2D eigenvalue weighted by Crippen LogP contribution is -2.11. The van der Waals surface area contributed by atoms with Crippen LogP contribution in [-0.4, -0.2) is 22.9 Å². The number of nitro benzene ring substituents is 1. The molecule has 0 saturated heterocycles. The van der Waals surface area contributed by atoms with Crippen LogP contribution >= 0.6 is 11.3 Å². The number of nitrogens with zero attached hydrogens (tertiary/aromatic N) is 3. The number of nitro groups is 1. The molecule has 0 atom stereocenters. The van der Waals surface area contributed by atoms with Gasteiger partial charge in [0.1, 0.15) is 0 Å². The highest BCUT2D eigenvalue weighted by atomic mass is 32.1. The van der Waals surface area contributed by atoms with Crippen LogP contribution in [0.3, 0.4) is 0 Å². The normalized spacial score (nSPS) is 10.5. The van der Waals surface area contributed by atoms with Crippen molar-refractivity contribution in [2.45, 2.75) is 0 Å². The molecule has 0 bridgehead atoms. The van der Waals surface area contributed by atoms with E-state index < -0.39 is 4.92 Å². The van der Waals surface area contributed by atoms with Gasteiger partial charge in [-0.3, -0.25) is 14.9 Å². The Morgan fingerprint density at radius 3 is 2.32 bits per heavy atom. The van der Waals surface area contributed by atoms with Crippen molar-refractivity contribution in [3.63, 3.8) is 0 Å². The fraction of sp³-hybridized carbons (Fsp3) is 0.0435. The largest absolute Gasteiger partial charge is 0.322 e. The first-order valence-corrected chi connectivity index (χ1v) is 10.3. The first kappa shape index (κ1) is 20.2. The second-order valence-electron chi connectivity index (χ2n) is 6.75. The van der Waals surface area contributed by atoms with E-state index in [0.717, 1.165) is 22.1 Å². The molecule has 1 amide bonds. The minimum Gasteiger partial charge on any atom is -0.322 e. The number of aromatic nitrogens is 1. The van der Waals surface area contributed by atoms with E-state index in [1.807, 2.05) is 59.8 Å². The summed E-state index contributed by atoms with van der Waals surface area (Å²) in [6.07, 6.45) is 0. The molecule has 1 N–H and O–H groups in total. The molecule has 7 nitrogen and oxygen atoms in total. The summed E-state index contributed by atoms with van der Waals surface area (Å²) in [6, 6.07) is 22.9. The van der Waals surface area contributed by atoms with E-state index in [1.165, 1.54) is 24.3 Å². The first-order valence-electron chi connectivity index (χ1n) is 9.42. The maximum atomic E-state index is 12.4. The van der Waals surface area contributed by atoms with Gasteiger partial charge in [0.05, 0.1) is 10.6 Å². The molecule has 8 heteroatoms. The van der Waals surface area contributed by atoms with Gasteiger partial charge in [-0.1, -0.05) is 30.3 Å². The molecule has 0 spiro atoms. The van der Waals surface area contributed by atoms with Crippen LogP contribution < -0.4 is 10.2 Å². The Morgan fingerprint density at radius 2 is 1.68 bits per heavy atom. The summed E-state index contributed by atoms with van der Waals surface area (Å²) in [4.78, 5) is 29.4. The van der Waals surface area contributed by atoms with Gasteiger partial charge in [0.2, 0.25) is 0 Å². The summed E-state index contributed by atoms with van der Waals surface area (Å²) in [5.41, 5.74) is 3.79. The number of benzene rings is 3. The second kappa shape index (κ2) is 8.76. The molecular formula is C23H18N4O3S. The minimum absolute atomic E-state index is 0.0542. The molecule has 1 heterocycles. The number of para-hydroxylation sites is 1. The van der Waals surface area contributed by atoms with Gasteiger partial charge in [-0.15, -0.1) is 11.3 Å². The topological polar surface area (TPSA) is 88.4 Å². The average molecular weight is 430 g/mol. The van der Waals surface area contributed by atoms with Gasteiger partial charge in [0.25, 0.3) is 11.6 Å². The van der Waals surface area contributed by atoms with E-state index in [9.17, 15) is 14.9 Å². The number of thiazole rings is 1. The summed E-state index contributed by atoms with van der Waals surface area (Å²) in [5.74, 6) is -0.330. The summed E-state index contributed by atoms with van der Waals surface area (Å²) < 4.78 is 0. The molecule has 154 valence electrons. The highest BCUT2D eigenvalue weighted by Gasteiger charge is 2.12. The highest BCUT2D eigenvalue weighted by Crippen LogP contribution is 2.31. The van der Waals surface area contributed by atoms with E-state index in [-0.39, 0.29) is 11.6 Å². The predicted molar refractivity (Wildman–Crippen MR) is 123 cm³/mol. The van der Waals surface area contributed by atoms with Crippen molar-refractivity contribution in [2.75, 3.05) is 17.3 Å². The van der Waals surface area contributed by atoms with E-state index >= 15 is 0 Å². The molecule has 1 aromatic heterocycles. The number of amides is 1. The lowest BCUT2D eigenvalue weighted by molar-refractivity contribution is -0.384. The molecule has 4 aromatic rings. The Balaban J connectivity index is 1.44. The van der Waals surface area contributed by atoms with Gasteiger partial charge in [-0.25, -0.2) is 4.98 Å². The van der Waals surface area contributed by atoms with E-state index in [2.05, 4.69) is 5.32 Å². The first-order chi connectivity index (χ1) is 15.0. The van der Waals surface area contributed by atoms with Crippen LogP contribution in [0.15, 0.2) is 84.2 Å². The summed E-state index contributed by atoms with van der Waals surface area (Å²) >= 11 is 1.56. The molecule has 3 aromatic carbocycles. The average Bonchev–Trinajstić information content (AvgIpc) is 3.30. The van der Waals surface area contributed by atoms with Crippen LogP contribution in [0.4, 0.5) is 22.2 Å². The Labute approximate surface area is 182 Å². The standard InChI is InChI=1S/C23H18N4O3S/c1-26(19-5-3-2-4-6-19)23-25-21(15-31-23)16-7-11-18(12-8-16)24-22(28)17-9-13-20(14-10-17)27(29)30/h2-15H,1H3,(H,24,28). The summed E-state index contributed by atoms with van der Waals surface area (Å²) in [5, 5.41) is 16.4. The van der Waals surface area contributed by atoms with E-state index in [1.54, 1.807) is 23.5 Å². The summed E-state index contributed by atoms with van der Waals surface area (Å²) in [7, 11) is 1.98. The number of carbonyl (C=O) groups is 1. The molecule has 0 unspecified atom stereocenters. The number of non-ortho nitro benzene ring substituents is 1. The van der Waals surface area contributed by atoms with Crippen molar-refractivity contribution in [2.24, 2.45) is 0 Å². The Bertz CT molecular complexity index is 1210. The predicted octanol–water partition coefficient (Wildman–Crippen LogP) is 5.74. The molecular weight excluding hydrogens is 412 g/mol. The maximum absolute atomic E-state index is 12.4. The van der Waals surface area contributed by atoms with E-state index in [0.29, 0.717) is 11.3 Å². The van der Waals surface area contributed by atoms with Gasteiger partial charge in [-0.2, -0.15) is 0 Å². The van der Waals surface area contributed by atoms with Crippen molar-refractivity contribution in [1.29, 1.82) is 0 Å².